The molecule has 0 saturated heterocycles. The second-order valence-electron chi connectivity index (χ2n) is 19.1. The van der Waals surface area contributed by atoms with Crippen LogP contribution in [0.4, 0.5) is 0 Å². The minimum atomic E-state index is 0.574. The number of nitrogens with zero attached hydrogens (tertiary/aromatic N) is 5. The van der Waals surface area contributed by atoms with Gasteiger partial charge >= 0.3 is 0 Å². The Morgan fingerprint density at radius 3 is 1.08 bits per heavy atom. The van der Waals surface area contributed by atoms with E-state index in [1.165, 1.54) is 66.1 Å². The van der Waals surface area contributed by atoms with Crippen molar-refractivity contribution in [3.05, 3.63) is 225 Å². The summed E-state index contributed by atoms with van der Waals surface area (Å²) in [6.07, 6.45) is 3.70. The van der Waals surface area contributed by atoms with Crippen LogP contribution in [0, 0.1) is 0 Å². The van der Waals surface area contributed by atoms with Gasteiger partial charge in [-0.25, -0.2) is 15.0 Å². The summed E-state index contributed by atoms with van der Waals surface area (Å²) in [4.78, 5) is 26.6. The molecule has 0 N–H and O–H groups in total. The molecule has 5 nitrogen and oxygen atoms in total. The number of hydrogen-bond donors (Lipinski definition) is 0. The molecule has 0 spiro atoms. The lowest BCUT2D eigenvalue weighted by Crippen LogP contribution is -2.03. The summed E-state index contributed by atoms with van der Waals surface area (Å²) in [5, 5.41) is 11.1. The molecule has 0 atom stereocenters. The fourth-order valence-electron chi connectivity index (χ4n) is 12.2. The van der Waals surface area contributed by atoms with E-state index >= 15 is 0 Å². The molecule has 2 aliphatic rings. The summed E-state index contributed by atoms with van der Waals surface area (Å²) in [6.45, 7) is 0. The molecule has 0 bridgehead atoms. The third-order valence-electron chi connectivity index (χ3n) is 15.3. The average Bonchev–Trinajstić information content (AvgIpc) is 3.95. The van der Waals surface area contributed by atoms with Crippen molar-refractivity contribution in [2.24, 2.45) is 0 Å². The lowest BCUT2D eigenvalue weighted by atomic mass is 9.89. The van der Waals surface area contributed by atoms with Crippen LogP contribution in [0.15, 0.2) is 225 Å². The maximum atomic E-state index is 5.62. The largest absolute Gasteiger partial charge is 0.256 e. The van der Waals surface area contributed by atoms with E-state index in [4.69, 9.17) is 24.9 Å². The lowest BCUT2D eigenvalue weighted by Gasteiger charge is -2.17. The summed E-state index contributed by atoms with van der Waals surface area (Å²) < 4.78 is 0. The molecule has 330 valence electrons. The Bertz CT molecular complexity index is 4250. The molecular formula is C67H37N5. The lowest BCUT2D eigenvalue weighted by molar-refractivity contribution is 1.08. The van der Waals surface area contributed by atoms with Crippen LogP contribution in [0.25, 0.3) is 166 Å². The average molecular weight is 912 g/mol. The van der Waals surface area contributed by atoms with Crippen LogP contribution in [0.5, 0.6) is 0 Å². The zero-order chi connectivity index (χ0) is 47.0. The molecule has 0 fully saturated rings. The van der Waals surface area contributed by atoms with Crippen molar-refractivity contribution in [3.8, 4) is 101 Å². The third-order valence-corrected chi connectivity index (χ3v) is 15.3. The van der Waals surface area contributed by atoms with Gasteiger partial charge in [0, 0.05) is 39.9 Å². The van der Waals surface area contributed by atoms with E-state index in [2.05, 4.69) is 200 Å². The molecule has 3 heterocycles. The van der Waals surface area contributed by atoms with Gasteiger partial charge in [-0.15, -0.1) is 0 Å². The molecular weight excluding hydrogens is 875 g/mol. The quantitative estimate of drug-likeness (QED) is 0.161. The highest BCUT2D eigenvalue weighted by Crippen LogP contribution is 2.52. The minimum absolute atomic E-state index is 0.574. The number of rotatable bonds is 5. The molecule has 0 radical (unpaired) electrons. The van der Waals surface area contributed by atoms with Gasteiger partial charge in [-0.3, -0.25) is 9.97 Å². The molecule has 72 heavy (non-hydrogen) atoms. The maximum absolute atomic E-state index is 5.62. The molecule has 11 aromatic carbocycles. The Balaban J connectivity index is 1.02. The second-order valence-corrected chi connectivity index (χ2v) is 19.1. The summed E-state index contributed by atoms with van der Waals surface area (Å²) in [6, 6.07) is 76.8. The van der Waals surface area contributed by atoms with Gasteiger partial charge in [0.25, 0.3) is 0 Å². The Morgan fingerprint density at radius 2 is 0.597 bits per heavy atom. The normalized spacial score (nSPS) is 12.2. The predicted molar refractivity (Wildman–Crippen MR) is 296 cm³/mol. The van der Waals surface area contributed by atoms with Crippen molar-refractivity contribution in [2.45, 2.75) is 0 Å². The van der Waals surface area contributed by atoms with E-state index in [9.17, 15) is 0 Å². The first-order valence-corrected chi connectivity index (χ1v) is 24.5. The smallest absolute Gasteiger partial charge is 0.165 e. The van der Waals surface area contributed by atoms with E-state index in [0.717, 1.165) is 82.3 Å². The zero-order valence-corrected chi connectivity index (χ0v) is 38.6. The van der Waals surface area contributed by atoms with E-state index in [1.807, 2.05) is 24.5 Å². The molecule has 5 heteroatoms. The van der Waals surface area contributed by atoms with Crippen LogP contribution in [-0.4, -0.2) is 24.9 Å². The van der Waals surface area contributed by atoms with Crippen molar-refractivity contribution < 1.29 is 0 Å². The molecule has 3 aromatic heterocycles. The van der Waals surface area contributed by atoms with Gasteiger partial charge < -0.3 is 0 Å². The van der Waals surface area contributed by atoms with Gasteiger partial charge in [-0.05, 0) is 152 Å². The number of hydrogen-bond acceptors (Lipinski definition) is 5. The van der Waals surface area contributed by atoms with Crippen molar-refractivity contribution in [1.82, 2.24) is 24.9 Å². The number of aromatic nitrogens is 5. The van der Waals surface area contributed by atoms with Gasteiger partial charge in [0.1, 0.15) is 0 Å². The van der Waals surface area contributed by atoms with Crippen molar-refractivity contribution >= 4 is 64.9 Å². The van der Waals surface area contributed by atoms with Crippen LogP contribution in [-0.2, 0) is 0 Å². The van der Waals surface area contributed by atoms with E-state index in [1.54, 1.807) is 0 Å². The van der Waals surface area contributed by atoms with Gasteiger partial charge in [0.15, 0.2) is 17.5 Å². The van der Waals surface area contributed by atoms with Crippen LogP contribution in [0.2, 0.25) is 0 Å². The number of pyridine rings is 2. The van der Waals surface area contributed by atoms with Crippen LogP contribution in [0.1, 0.15) is 0 Å². The van der Waals surface area contributed by atoms with Gasteiger partial charge in [0.2, 0.25) is 0 Å². The topological polar surface area (TPSA) is 64.5 Å². The Labute approximate surface area is 413 Å². The minimum Gasteiger partial charge on any atom is -0.256 e. The SMILES string of the molecule is c1ccc2c(c1)-c1cccc3c(-c4cc(-c5nc(-c6c7ccccc7cc7ncccc67)nc(-c6c7ccccc7cc7ncccc67)n5)cc(-c5ccc6c7c(cccc57)-c5ccccc5-6)c4)ccc-2c13. The highest BCUT2D eigenvalue weighted by molar-refractivity contribution is 6.21. The van der Waals surface area contributed by atoms with Gasteiger partial charge in [-0.2, -0.15) is 0 Å². The fourth-order valence-corrected chi connectivity index (χ4v) is 12.2. The van der Waals surface area contributed by atoms with Crippen molar-refractivity contribution in [2.75, 3.05) is 0 Å². The molecule has 16 rings (SSSR count). The first-order valence-electron chi connectivity index (χ1n) is 24.5. The predicted octanol–water partition coefficient (Wildman–Crippen LogP) is 17.2. The summed E-state index contributed by atoms with van der Waals surface area (Å²) in [7, 11) is 0. The van der Waals surface area contributed by atoms with Gasteiger partial charge in [-0.1, -0.05) is 170 Å². The van der Waals surface area contributed by atoms with Gasteiger partial charge in [0.05, 0.1) is 11.0 Å². The second kappa shape index (κ2) is 14.9. The van der Waals surface area contributed by atoms with E-state index in [0.29, 0.717) is 17.5 Å². The standard InChI is InChI=1S/C67H37N5/c1-3-15-45-38(13-1)36-59-57(25-11-31-68-59)63(45)66-70-65(71-67(72-66)64-46-16-4-2-14-39(46)37-60-58(64)26-12-32-69-60)42-34-40(43-27-29-55-49-19-7-5-17-47(49)53-23-9-21-51(43)61(53)55)33-41(35-42)44-28-30-56-50-20-8-6-18-48(50)54-24-10-22-52(44)62(54)56/h1-37H. The van der Waals surface area contributed by atoms with Crippen LogP contribution in [0.3, 0.4) is 0 Å². The number of fused-ring (bicyclic) bond motifs is 10. The molecule has 14 aromatic rings. The van der Waals surface area contributed by atoms with E-state index < -0.39 is 0 Å². The zero-order valence-electron chi connectivity index (χ0n) is 38.6. The first-order chi connectivity index (χ1) is 35.7. The summed E-state index contributed by atoms with van der Waals surface area (Å²) in [5.41, 5.74) is 19.1. The molecule has 0 amide bonds. The Hall–Kier alpha value is -9.71. The van der Waals surface area contributed by atoms with Crippen LogP contribution >= 0.6 is 0 Å². The van der Waals surface area contributed by atoms with Crippen LogP contribution < -0.4 is 0 Å². The highest BCUT2D eigenvalue weighted by atomic mass is 15.0. The maximum Gasteiger partial charge on any atom is 0.165 e. The monoisotopic (exact) mass is 911 g/mol. The third kappa shape index (κ3) is 5.61. The molecule has 2 aliphatic carbocycles. The summed E-state index contributed by atoms with van der Waals surface area (Å²) in [5.74, 6) is 1.73. The fraction of sp³-hybridized carbons (Fsp3) is 0. The molecule has 0 aliphatic heterocycles. The molecule has 0 saturated carbocycles. The van der Waals surface area contributed by atoms with Crippen molar-refractivity contribution in [3.63, 3.8) is 0 Å². The molecule has 0 unspecified atom stereocenters. The first kappa shape index (κ1) is 39.2. The Kier molecular flexibility index (Phi) is 8.10. The number of benzene rings is 11. The summed E-state index contributed by atoms with van der Waals surface area (Å²) >= 11 is 0. The highest BCUT2D eigenvalue weighted by Gasteiger charge is 2.27. The van der Waals surface area contributed by atoms with E-state index in [-0.39, 0.29) is 0 Å². The van der Waals surface area contributed by atoms with Crippen molar-refractivity contribution in [1.29, 1.82) is 0 Å². The Morgan fingerprint density at radius 1 is 0.236 bits per heavy atom.